The van der Waals surface area contributed by atoms with E-state index in [1.165, 1.54) is 6.20 Å². The van der Waals surface area contributed by atoms with Crippen LogP contribution in [0.4, 0.5) is 0 Å². The van der Waals surface area contributed by atoms with E-state index >= 15 is 0 Å². The molecule has 3 rings (SSSR count). The van der Waals surface area contributed by atoms with Crippen molar-refractivity contribution < 1.29 is 14.3 Å². The summed E-state index contributed by atoms with van der Waals surface area (Å²) in [6, 6.07) is 5.54. The van der Waals surface area contributed by atoms with Gasteiger partial charge in [-0.1, -0.05) is 6.07 Å². The molecule has 0 spiro atoms. The number of nitrogens with one attached hydrogen (secondary N) is 1. The van der Waals surface area contributed by atoms with Crippen LogP contribution in [0, 0.1) is 6.92 Å². The summed E-state index contributed by atoms with van der Waals surface area (Å²) < 4.78 is 11.3. The minimum atomic E-state index is -0.253. The van der Waals surface area contributed by atoms with Gasteiger partial charge in [0.1, 0.15) is 5.69 Å². The zero-order chi connectivity index (χ0) is 16.2. The van der Waals surface area contributed by atoms with Gasteiger partial charge in [-0.3, -0.25) is 9.78 Å². The number of hydrogen-bond acceptors (Lipinski definition) is 5. The highest BCUT2D eigenvalue weighted by Crippen LogP contribution is 2.32. The molecular weight excluding hydrogens is 294 g/mol. The van der Waals surface area contributed by atoms with E-state index in [0.717, 1.165) is 29.2 Å². The third kappa shape index (κ3) is 3.59. The summed E-state index contributed by atoms with van der Waals surface area (Å²) in [5.41, 5.74) is 2.02. The smallest absolute Gasteiger partial charge is 0.271 e. The van der Waals surface area contributed by atoms with E-state index in [-0.39, 0.29) is 11.9 Å². The molecule has 0 aliphatic carbocycles. The van der Waals surface area contributed by atoms with E-state index in [0.29, 0.717) is 18.9 Å². The van der Waals surface area contributed by atoms with Gasteiger partial charge >= 0.3 is 0 Å². The minimum Gasteiger partial charge on any atom is -0.490 e. The molecule has 0 radical (unpaired) electrons. The van der Waals surface area contributed by atoms with Crippen LogP contribution < -0.4 is 14.8 Å². The van der Waals surface area contributed by atoms with E-state index in [9.17, 15) is 4.79 Å². The van der Waals surface area contributed by atoms with E-state index in [1.807, 2.05) is 32.0 Å². The van der Waals surface area contributed by atoms with Gasteiger partial charge in [0.15, 0.2) is 11.5 Å². The van der Waals surface area contributed by atoms with E-state index in [4.69, 9.17) is 9.47 Å². The van der Waals surface area contributed by atoms with Crippen molar-refractivity contribution in [2.45, 2.75) is 26.3 Å². The molecule has 23 heavy (non-hydrogen) atoms. The average molecular weight is 313 g/mol. The number of fused-ring (bicyclic) bond motifs is 1. The first-order valence-corrected chi connectivity index (χ1v) is 7.62. The second kappa shape index (κ2) is 6.64. The quantitative estimate of drug-likeness (QED) is 0.942. The number of amides is 1. The molecule has 1 aliphatic heterocycles. The number of benzene rings is 1. The SMILES string of the molecule is Cc1cnc(C(=O)NC(C)c2ccc3c(c2)OCCCO3)cn1. The molecule has 0 bridgehead atoms. The highest BCUT2D eigenvalue weighted by Gasteiger charge is 2.16. The fraction of sp³-hybridized carbons (Fsp3) is 0.353. The maximum atomic E-state index is 12.2. The van der Waals surface area contributed by atoms with Crippen molar-refractivity contribution in [1.82, 2.24) is 15.3 Å². The molecule has 1 amide bonds. The molecule has 1 aromatic heterocycles. The van der Waals surface area contributed by atoms with Crippen molar-refractivity contribution in [3.63, 3.8) is 0 Å². The molecule has 0 saturated heterocycles. The lowest BCUT2D eigenvalue weighted by atomic mass is 10.1. The highest BCUT2D eigenvalue weighted by atomic mass is 16.5. The molecular formula is C17H19N3O3. The van der Waals surface area contributed by atoms with Gasteiger partial charge in [0.25, 0.3) is 5.91 Å². The van der Waals surface area contributed by atoms with E-state index in [1.54, 1.807) is 6.20 Å². The predicted octanol–water partition coefficient (Wildman–Crippen LogP) is 2.44. The Balaban J connectivity index is 1.72. The van der Waals surface area contributed by atoms with Gasteiger partial charge in [-0.05, 0) is 31.5 Å². The van der Waals surface area contributed by atoms with Gasteiger partial charge in [-0.25, -0.2) is 4.98 Å². The third-order valence-corrected chi connectivity index (χ3v) is 3.63. The van der Waals surface area contributed by atoms with Gasteiger partial charge in [0, 0.05) is 12.6 Å². The number of aromatic nitrogens is 2. The summed E-state index contributed by atoms with van der Waals surface area (Å²) in [5, 5.41) is 2.92. The molecule has 1 atom stereocenters. The van der Waals surface area contributed by atoms with Crippen LogP contribution in [-0.2, 0) is 0 Å². The number of carbonyl (C=O) groups is 1. The molecule has 6 heteroatoms. The standard InChI is InChI=1S/C17H19N3O3/c1-11-9-19-14(10-18-11)17(21)20-12(2)13-4-5-15-16(8-13)23-7-3-6-22-15/h4-5,8-10,12H,3,6-7H2,1-2H3,(H,20,21). The summed E-state index contributed by atoms with van der Waals surface area (Å²) in [6.07, 6.45) is 3.92. The number of ether oxygens (including phenoxy) is 2. The lowest BCUT2D eigenvalue weighted by Crippen LogP contribution is -2.27. The summed E-state index contributed by atoms with van der Waals surface area (Å²) in [4.78, 5) is 20.4. The fourth-order valence-corrected chi connectivity index (χ4v) is 2.31. The Labute approximate surface area is 134 Å². The number of hydrogen-bond donors (Lipinski definition) is 1. The Morgan fingerprint density at radius 1 is 1.17 bits per heavy atom. The Morgan fingerprint density at radius 3 is 2.70 bits per heavy atom. The van der Waals surface area contributed by atoms with Crippen LogP contribution in [0.15, 0.2) is 30.6 Å². The molecule has 1 aromatic carbocycles. The minimum absolute atomic E-state index is 0.178. The topological polar surface area (TPSA) is 73.3 Å². The molecule has 1 N–H and O–H groups in total. The zero-order valence-electron chi connectivity index (χ0n) is 13.2. The number of carbonyl (C=O) groups excluding carboxylic acids is 1. The second-order valence-electron chi connectivity index (χ2n) is 5.49. The second-order valence-corrected chi connectivity index (χ2v) is 5.49. The Hall–Kier alpha value is -2.63. The molecule has 2 aromatic rings. The first kappa shape index (κ1) is 15.3. The Morgan fingerprint density at radius 2 is 1.96 bits per heavy atom. The molecule has 1 unspecified atom stereocenters. The van der Waals surface area contributed by atoms with Crippen molar-refractivity contribution in [2.75, 3.05) is 13.2 Å². The molecule has 0 fully saturated rings. The average Bonchev–Trinajstić information content (AvgIpc) is 2.79. The lowest BCUT2D eigenvalue weighted by molar-refractivity contribution is 0.0934. The zero-order valence-corrected chi connectivity index (χ0v) is 13.2. The Kier molecular flexibility index (Phi) is 4.41. The van der Waals surface area contributed by atoms with Gasteiger partial charge in [0.2, 0.25) is 0 Å². The van der Waals surface area contributed by atoms with Crippen molar-refractivity contribution >= 4 is 5.91 Å². The van der Waals surface area contributed by atoms with Crippen LogP contribution in [-0.4, -0.2) is 29.1 Å². The van der Waals surface area contributed by atoms with Gasteiger partial charge < -0.3 is 14.8 Å². The number of nitrogens with zero attached hydrogens (tertiary/aromatic N) is 2. The lowest BCUT2D eigenvalue weighted by Gasteiger charge is -2.16. The van der Waals surface area contributed by atoms with Crippen LogP contribution in [0.3, 0.4) is 0 Å². The van der Waals surface area contributed by atoms with Crippen LogP contribution in [0.5, 0.6) is 11.5 Å². The van der Waals surface area contributed by atoms with Crippen LogP contribution >= 0.6 is 0 Å². The monoisotopic (exact) mass is 313 g/mol. The molecule has 6 nitrogen and oxygen atoms in total. The van der Waals surface area contributed by atoms with Gasteiger partial charge in [-0.2, -0.15) is 0 Å². The summed E-state index contributed by atoms with van der Waals surface area (Å²) in [7, 11) is 0. The normalized spacial score (nSPS) is 14.7. The maximum Gasteiger partial charge on any atom is 0.271 e. The maximum absolute atomic E-state index is 12.2. The predicted molar refractivity (Wildman–Crippen MR) is 84.7 cm³/mol. The van der Waals surface area contributed by atoms with Crippen LogP contribution in [0.25, 0.3) is 0 Å². The van der Waals surface area contributed by atoms with E-state index < -0.39 is 0 Å². The van der Waals surface area contributed by atoms with Crippen molar-refractivity contribution in [2.24, 2.45) is 0 Å². The number of rotatable bonds is 3. The third-order valence-electron chi connectivity index (χ3n) is 3.63. The van der Waals surface area contributed by atoms with Gasteiger partial charge in [-0.15, -0.1) is 0 Å². The molecule has 0 saturated carbocycles. The first-order chi connectivity index (χ1) is 11.1. The van der Waals surface area contributed by atoms with Crippen molar-refractivity contribution in [1.29, 1.82) is 0 Å². The summed E-state index contributed by atoms with van der Waals surface area (Å²) >= 11 is 0. The molecule has 1 aliphatic rings. The highest BCUT2D eigenvalue weighted by molar-refractivity contribution is 5.92. The van der Waals surface area contributed by atoms with Crippen LogP contribution in [0.2, 0.25) is 0 Å². The van der Waals surface area contributed by atoms with Crippen molar-refractivity contribution in [3.05, 3.63) is 47.5 Å². The summed E-state index contributed by atoms with van der Waals surface area (Å²) in [5.74, 6) is 1.21. The summed E-state index contributed by atoms with van der Waals surface area (Å²) in [6.45, 7) is 5.04. The van der Waals surface area contributed by atoms with E-state index in [2.05, 4.69) is 15.3 Å². The van der Waals surface area contributed by atoms with Gasteiger partial charge in [0.05, 0.1) is 31.1 Å². The number of aryl methyl sites for hydroxylation is 1. The molecule has 120 valence electrons. The van der Waals surface area contributed by atoms with Crippen molar-refractivity contribution in [3.8, 4) is 11.5 Å². The van der Waals surface area contributed by atoms with Crippen LogP contribution in [0.1, 0.15) is 41.1 Å². The molecule has 2 heterocycles. The Bertz CT molecular complexity index is 701. The fourth-order valence-electron chi connectivity index (χ4n) is 2.31. The largest absolute Gasteiger partial charge is 0.490 e. The first-order valence-electron chi connectivity index (χ1n) is 7.62.